The van der Waals surface area contributed by atoms with Crippen molar-refractivity contribution in [1.29, 1.82) is 0 Å². The summed E-state index contributed by atoms with van der Waals surface area (Å²) in [5.41, 5.74) is 5.05. The maximum Gasteiger partial charge on any atom is 0.272 e. The number of carbonyl (C=O) groups excluding carboxylic acids is 2. The lowest BCUT2D eigenvalue weighted by Crippen LogP contribution is -2.41. The van der Waals surface area contributed by atoms with Gasteiger partial charge in [-0.15, -0.1) is 0 Å². The van der Waals surface area contributed by atoms with Gasteiger partial charge >= 0.3 is 0 Å². The van der Waals surface area contributed by atoms with E-state index in [-0.39, 0.29) is 5.56 Å². The van der Waals surface area contributed by atoms with Gasteiger partial charge in [0.2, 0.25) is 0 Å². The van der Waals surface area contributed by atoms with Crippen molar-refractivity contribution in [3.63, 3.8) is 0 Å². The highest BCUT2D eigenvalue weighted by molar-refractivity contribution is 5.98. The van der Waals surface area contributed by atoms with Crippen molar-refractivity contribution in [3.8, 4) is 0 Å². The number of hydrogen-bond acceptors (Lipinski definition) is 2. The van der Waals surface area contributed by atoms with Crippen LogP contribution in [0.4, 0.5) is 4.39 Å². The van der Waals surface area contributed by atoms with Crippen LogP contribution in [0.1, 0.15) is 15.9 Å². The van der Waals surface area contributed by atoms with Crippen LogP contribution in [0.25, 0.3) is 6.08 Å². The molecule has 5 heteroatoms. The monoisotopic (exact) mass is 284 g/mol. The van der Waals surface area contributed by atoms with Crippen LogP contribution in [0.3, 0.4) is 0 Å². The molecule has 0 aliphatic heterocycles. The summed E-state index contributed by atoms with van der Waals surface area (Å²) in [6, 6.07) is 14.7. The molecule has 0 aliphatic rings. The number of carbonyl (C=O) groups is 2. The van der Waals surface area contributed by atoms with Gasteiger partial charge in [0.1, 0.15) is 5.82 Å². The molecule has 0 saturated heterocycles. The van der Waals surface area contributed by atoms with E-state index >= 15 is 0 Å². The lowest BCUT2D eigenvalue weighted by Gasteiger charge is -2.05. The van der Waals surface area contributed by atoms with Gasteiger partial charge in [0.05, 0.1) is 5.56 Å². The minimum Gasteiger partial charge on any atom is -0.268 e. The number of amides is 2. The highest BCUT2D eigenvalue weighted by Crippen LogP contribution is 2.05. The van der Waals surface area contributed by atoms with E-state index in [9.17, 15) is 14.0 Å². The summed E-state index contributed by atoms with van der Waals surface area (Å²) >= 11 is 0. The van der Waals surface area contributed by atoms with Crippen molar-refractivity contribution in [1.82, 2.24) is 10.9 Å². The van der Waals surface area contributed by atoms with Gasteiger partial charge in [0.15, 0.2) is 0 Å². The molecule has 0 spiro atoms. The molecule has 2 amide bonds. The number of hydrogen-bond donors (Lipinski definition) is 2. The van der Waals surface area contributed by atoms with Crippen LogP contribution in [0.5, 0.6) is 0 Å². The Morgan fingerprint density at radius 2 is 1.57 bits per heavy atom. The lowest BCUT2D eigenvalue weighted by atomic mass is 10.2. The van der Waals surface area contributed by atoms with Crippen LogP contribution in [0, 0.1) is 5.82 Å². The van der Waals surface area contributed by atoms with Crippen molar-refractivity contribution < 1.29 is 14.0 Å². The van der Waals surface area contributed by atoms with Crippen molar-refractivity contribution in [3.05, 3.63) is 77.6 Å². The average Bonchev–Trinajstić information content (AvgIpc) is 2.52. The summed E-state index contributed by atoms with van der Waals surface area (Å²) < 4.78 is 13.3. The van der Waals surface area contributed by atoms with Gasteiger partial charge in [-0.25, -0.2) is 4.39 Å². The van der Waals surface area contributed by atoms with Crippen molar-refractivity contribution >= 4 is 17.9 Å². The van der Waals surface area contributed by atoms with Crippen molar-refractivity contribution in [2.75, 3.05) is 0 Å². The Balaban J connectivity index is 1.88. The summed E-state index contributed by atoms with van der Waals surface area (Å²) in [4.78, 5) is 23.2. The summed E-state index contributed by atoms with van der Waals surface area (Å²) in [5.74, 6) is -1.87. The van der Waals surface area contributed by atoms with E-state index in [2.05, 4.69) is 10.9 Å². The highest BCUT2D eigenvalue weighted by Gasteiger charge is 2.10. The molecule has 0 saturated carbocycles. The van der Waals surface area contributed by atoms with E-state index < -0.39 is 17.6 Å². The van der Waals surface area contributed by atoms with E-state index in [1.807, 2.05) is 30.3 Å². The van der Waals surface area contributed by atoms with Crippen LogP contribution in [0.15, 0.2) is 60.7 Å². The maximum atomic E-state index is 13.3. The standard InChI is InChI=1S/C16H13FN2O2/c17-14-9-5-4-8-13(14)16(21)19-18-15(20)11-10-12-6-2-1-3-7-12/h1-11H,(H,18,20)(H,19,21)/b11-10+. The molecule has 0 bridgehead atoms. The Bertz CT molecular complexity index is 669. The number of rotatable bonds is 3. The molecular formula is C16H13FN2O2. The van der Waals surface area contributed by atoms with Crippen LogP contribution in [-0.4, -0.2) is 11.8 Å². The van der Waals surface area contributed by atoms with Gasteiger partial charge in [-0.05, 0) is 23.8 Å². The van der Waals surface area contributed by atoms with E-state index in [4.69, 9.17) is 0 Å². The van der Waals surface area contributed by atoms with Gasteiger partial charge in [-0.3, -0.25) is 20.4 Å². The zero-order valence-electron chi connectivity index (χ0n) is 11.0. The first-order valence-corrected chi connectivity index (χ1v) is 6.25. The maximum absolute atomic E-state index is 13.3. The molecule has 0 aliphatic carbocycles. The van der Waals surface area contributed by atoms with E-state index in [0.29, 0.717) is 0 Å². The number of nitrogens with one attached hydrogen (secondary N) is 2. The Kier molecular flexibility index (Phi) is 4.82. The van der Waals surface area contributed by atoms with Crippen LogP contribution in [-0.2, 0) is 4.79 Å². The van der Waals surface area contributed by atoms with E-state index in [1.165, 1.54) is 30.3 Å². The topological polar surface area (TPSA) is 58.2 Å². The van der Waals surface area contributed by atoms with Crippen molar-refractivity contribution in [2.45, 2.75) is 0 Å². The number of halogens is 1. The molecule has 2 N–H and O–H groups in total. The quantitative estimate of drug-likeness (QED) is 0.671. The predicted octanol–water partition coefficient (Wildman–Crippen LogP) is 2.30. The van der Waals surface area contributed by atoms with E-state index in [1.54, 1.807) is 6.08 Å². The zero-order valence-corrected chi connectivity index (χ0v) is 11.0. The minimum absolute atomic E-state index is 0.134. The molecule has 4 nitrogen and oxygen atoms in total. The molecule has 106 valence electrons. The molecule has 0 heterocycles. The normalized spacial score (nSPS) is 10.3. The van der Waals surface area contributed by atoms with Gasteiger partial charge in [0, 0.05) is 6.08 Å². The summed E-state index contributed by atoms with van der Waals surface area (Å²) in [5, 5.41) is 0. The van der Waals surface area contributed by atoms with Crippen molar-refractivity contribution in [2.24, 2.45) is 0 Å². The highest BCUT2D eigenvalue weighted by atomic mass is 19.1. The van der Waals surface area contributed by atoms with Crippen LogP contribution >= 0.6 is 0 Å². The second kappa shape index (κ2) is 7.00. The lowest BCUT2D eigenvalue weighted by molar-refractivity contribution is -0.117. The Labute approximate surface area is 121 Å². The molecule has 0 atom stereocenters. The van der Waals surface area contributed by atoms with Crippen LogP contribution < -0.4 is 10.9 Å². The Morgan fingerprint density at radius 3 is 2.29 bits per heavy atom. The van der Waals surface area contributed by atoms with Gasteiger partial charge in [-0.1, -0.05) is 42.5 Å². The molecule has 2 aromatic carbocycles. The van der Waals surface area contributed by atoms with Crippen LogP contribution in [0.2, 0.25) is 0 Å². The van der Waals surface area contributed by atoms with Gasteiger partial charge < -0.3 is 0 Å². The number of hydrazine groups is 1. The first-order valence-electron chi connectivity index (χ1n) is 6.25. The average molecular weight is 284 g/mol. The molecule has 0 fully saturated rings. The van der Waals surface area contributed by atoms with Gasteiger partial charge in [-0.2, -0.15) is 0 Å². The SMILES string of the molecule is O=C(/C=C/c1ccccc1)NNC(=O)c1ccccc1F. The largest absolute Gasteiger partial charge is 0.272 e. The Morgan fingerprint density at radius 1 is 0.905 bits per heavy atom. The molecule has 2 rings (SSSR count). The molecule has 2 aromatic rings. The Hall–Kier alpha value is -2.95. The summed E-state index contributed by atoms with van der Waals surface area (Å²) in [6.45, 7) is 0. The number of benzene rings is 2. The fourth-order valence-electron chi connectivity index (χ4n) is 1.61. The molecule has 21 heavy (non-hydrogen) atoms. The minimum atomic E-state index is -0.713. The molecule has 0 unspecified atom stereocenters. The third-order valence-corrected chi connectivity index (χ3v) is 2.64. The van der Waals surface area contributed by atoms with Gasteiger partial charge in [0.25, 0.3) is 11.8 Å². The second-order valence-corrected chi connectivity index (χ2v) is 4.17. The first-order chi connectivity index (χ1) is 10.2. The zero-order chi connectivity index (χ0) is 15.1. The summed E-state index contributed by atoms with van der Waals surface area (Å²) in [7, 11) is 0. The third kappa shape index (κ3) is 4.28. The fourth-order valence-corrected chi connectivity index (χ4v) is 1.61. The fraction of sp³-hybridized carbons (Fsp3) is 0. The second-order valence-electron chi connectivity index (χ2n) is 4.17. The predicted molar refractivity (Wildman–Crippen MR) is 77.5 cm³/mol. The first kappa shape index (κ1) is 14.5. The summed E-state index contributed by atoms with van der Waals surface area (Å²) in [6.07, 6.45) is 2.88. The third-order valence-electron chi connectivity index (χ3n) is 2.64. The van der Waals surface area contributed by atoms with E-state index in [0.717, 1.165) is 5.56 Å². The molecular weight excluding hydrogens is 271 g/mol. The smallest absolute Gasteiger partial charge is 0.268 e. The molecule has 0 radical (unpaired) electrons. The molecule has 0 aromatic heterocycles.